The summed E-state index contributed by atoms with van der Waals surface area (Å²) < 4.78 is 2.12. The topological polar surface area (TPSA) is 60.0 Å². The molecule has 1 atom stereocenters. The van der Waals surface area contributed by atoms with Crippen LogP contribution in [0.5, 0.6) is 0 Å². The Morgan fingerprint density at radius 3 is 3.11 bits per heavy atom. The molecular weight excluding hydrogens is 226 g/mol. The van der Waals surface area contributed by atoms with Gasteiger partial charge in [0.15, 0.2) is 0 Å². The first kappa shape index (κ1) is 13.1. The highest BCUT2D eigenvalue weighted by atomic mass is 16.1. The third-order valence-electron chi connectivity index (χ3n) is 3.65. The number of amides is 1. The summed E-state index contributed by atoms with van der Waals surface area (Å²) in [5.41, 5.74) is 9.77. The smallest absolute Gasteiger partial charge is 0.239 e. The summed E-state index contributed by atoms with van der Waals surface area (Å²) in [5, 5.41) is 2.92. The van der Waals surface area contributed by atoms with Crippen LogP contribution in [0.2, 0.25) is 0 Å². The SMILES string of the molecule is CCCNC(=O)Cn1c(C)cc2c1CCCC2N. The molecule has 1 aromatic rings. The Balaban J connectivity index is 2.15. The predicted octanol–water partition coefficient (Wildman–Crippen LogP) is 1.66. The fourth-order valence-electron chi connectivity index (χ4n) is 2.68. The van der Waals surface area contributed by atoms with Crippen LogP contribution in [-0.2, 0) is 17.8 Å². The van der Waals surface area contributed by atoms with Crippen molar-refractivity contribution < 1.29 is 4.79 Å². The van der Waals surface area contributed by atoms with Gasteiger partial charge in [-0.15, -0.1) is 0 Å². The Bertz CT molecular complexity index is 436. The molecule has 1 aromatic heterocycles. The molecule has 3 N–H and O–H groups in total. The van der Waals surface area contributed by atoms with E-state index in [0.717, 1.165) is 37.9 Å². The molecule has 0 aliphatic heterocycles. The number of carbonyl (C=O) groups excluding carboxylic acids is 1. The van der Waals surface area contributed by atoms with Crippen molar-refractivity contribution in [2.24, 2.45) is 5.73 Å². The molecule has 1 unspecified atom stereocenters. The minimum absolute atomic E-state index is 0.0949. The monoisotopic (exact) mass is 249 g/mol. The Hall–Kier alpha value is -1.29. The Morgan fingerprint density at radius 1 is 1.61 bits per heavy atom. The molecule has 4 nitrogen and oxygen atoms in total. The van der Waals surface area contributed by atoms with Crippen LogP contribution in [-0.4, -0.2) is 17.0 Å². The van der Waals surface area contributed by atoms with Crippen molar-refractivity contribution in [3.05, 3.63) is 23.0 Å². The van der Waals surface area contributed by atoms with E-state index >= 15 is 0 Å². The van der Waals surface area contributed by atoms with Gasteiger partial charge in [-0.3, -0.25) is 4.79 Å². The Kier molecular flexibility index (Phi) is 4.07. The van der Waals surface area contributed by atoms with E-state index in [2.05, 4.69) is 29.8 Å². The quantitative estimate of drug-likeness (QED) is 0.852. The van der Waals surface area contributed by atoms with E-state index in [4.69, 9.17) is 5.73 Å². The zero-order valence-corrected chi connectivity index (χ0v) is 11.3. The fraction of sp³-hybridized carbons (Fsp3) is 0.643. The van der Waals surface area contributed by atoms with Gasteiger partial charge in [0.25, 0.3) is 0 Å². The summed E-state index contributed by atoms with van der Waals surface area (Å²) in [4.78, 5) is 11.8. The lowest BCUT2D eigenvalue weighted by molar-refractivity contribution is -0.121. The molecular formula is C14H23N3O. The van der Waals surface area contributed by atoms with Crippen molar-refractivity contribution in [1.82, 2.24) is 9.88 Å². The van der Waals surface area contributed by atoms with Crippen LogP contribution in [0, 0.1) is 6.92 Å². The lowest BCUT2D eigenvalue weighted by atomic mass is 9.93. The Morgan fingerprint density at radius 2 is 2.39 bits per heavy atom. The van der Waals surface area contributed by atoms with Gasteiger partial charge in [-0.1, -0.05) is 6.92 Å². The van der Waals surface area contributed by atoms with E-state index in [1.165, 1.54) is 11.3 Å². The van der Waals surface area contributed by atoms with Gasteiger partial charge in [0.2, 0.25) is 5.91 Å². The van der Waals surface area contributed by atoms with Gasteiger partial charge in [-0.2, -0.15) is 0 Å². The lowest BCUT2D eigenvalue weighted by Gasteiger charge is -2.21. The average molecular weight is 249 g/mol. The molecule has 1 heterocycles. The molecule has 0 fully saturated rings. The first-order valence-corrected chi connectivity index (χ1v) is 6.84. The minimum Gasteiger partial charge on any atom is -0.355 e. The van der Waals surface area contributed by atoms with Gasteiger partial charge in [-0.05, 0) is 44.2 Å². The summed E-state index contributed by atoms with van der Waals surface area (Å²) in [5.74, 6) is 0.0949. The van der Waals surface area contributed by atoms with Crippen LogP contribution in [0.15, 0.2) is 6.07 Å². The van der Waals surface area contributed by atoms with Crippen molar-refractivity contribution in [2.75, 3.05) is 6.54 Å². The number of hydrogen-bond acceptors (Lipinski definition) is 2. The number of aryl methyl sites for hydroxylation is 1. The molecule has 100 valence electrons. The Labute approximate surface area is 109 Å². The van der Waals surface area contributed by atoms with Crippen LogP contribution in [0.25, 0.3) is 0 Å². The van der Waals surface area contributed by atoms with Crippen molar-refractivity contribution in [2.45, 2.75) is 52.1 Å². The highest BCUT2D eigenvalue weighted by Gasteiger charge is 2.22. The molecule has 0 spiro atoms. The number of nitrogens with zero attached hydrogens (tertiary/aromatic N) is 1. The molecule has 1 aliphatic carbocycles. The highest BCUT2D eigenvalue weighted by Crippen LogP contribution is 2.30. The average Bonchev–Trinajstić information content (AvgIpc) is 2.66. The summed E-state index contributed by atoms with van der Waals surface area (Å²) in [6.07, 6.45) is 4.18. The maximum Gasteiger partial charge on any atom is 0.239 e. The fourth-order valence-corrected chi connectivity index (χ4v) is 2.68. The van der Waals surface area contributed by atoms with E-state index in [1.807, 2.05) is 0 Å². The summed E-state index contributed by atoms with van der Waals surface area (Å²) in [6, 6.07) is 2.29. The van der Waals surface area contributed by atoms with Crippen LogP contribution < -0.4 is 11.1 Å². The molecule has 0 bridgehead atoms. The van der Waals surface area contributed by atoms with Crippen molar-refractivity contribution in [1.29, 1.82) is 0 Å². The number of rotatable bonds is 4. The predicted molar refractivity (Wildman–Crippen MR) is 72.3 cm³/mol. The van der Waals surface area contributed by atoms with Gasteiger partial charge < -0.3 is 15.6 Å². The number of nitrogens with one attached hydrogen (secondary N) is 1. The first-order chi connectivity index (χ1) is 8.63. The molecule has 0 saturated heterocycles. The second kappa shape index (κ2) is 5.57. The first-order valence-electron chi connectivity index (χ1n) is 6.84. The molecule has 0 radical (unpaired) electrons. The molecule has 1 amide bonds. The molecule has 2 rings (SSSR count). The number of aromatic nitrogens is 1. The third kappa shape index (κ3) is 2.58. The third-order valence-corrected chi connectivity index (χ3v) is 3.65. The van der Waals surface area contributed by atoms with E-state index in [1.54, 1.807) is 0 Å². The number of hydrogen-bond donors (Lipinski definition) is 2. The summed E-state index contributed by atoms with van der Waals surface area (Å²) in [7, 11) is 0. The normalized spacial score (nSPS) is 18.5. The van der Waals surface area contributed by atoms with Crippen LogP contribution in [0.3, 0.4) is 0 Å². The van der Waals surface area contributed by atoms with E-state index in [9.17, 15) is 4.79 Å². The summed E-state index contributed by atoms with van der Waals surface area (Å²) in [6.45, 7) is 5.29. The van der Waals surface area contributed by atoms with Crippen LogP contribution in [0.1, 0.15) is 49.2 Å². The molecule has 18 heavy (non-hydrogen) atoms. The van der Waals surface area contributed by atoms with Gasteiger partial charge in [0.05, 0.1) is 0 Å². The molecule has 1 aliphatic rings. The van der Waals surface area contributed by atoms with Crippen LogP contribution in [0.4, 0.5) is 0 Å². The van der Waals surface area contributed by atoms with Crippen molar-refractivity contribution >= 4 is 5.91 Å². The van der Waals surface area contributed by atoms with E-state index < -0.39 is 0 Å². The van der Waals surface area contributed by atoms with Crippen LogP contribution >= 0.6 is 0 Å². The van der Waals surface area contributed by atoms with Crippen molar-refractivity contribution in [3.63, 3.8) is 0 Å². The number of fused-ring (bicyclic) bond motifs is 1. The zero-order chi connectivity index (χ0) is 13.1. The van der Waals surface area contributed by atoms with Gasteiger partial charge in [-0.25, -0.2) is 0 Å². The second-order valence-corrected chi connectivity index (χ2v) is 5.12. The standard InChI is InChI=1S/C14H23N3O/c1-3-7-16-14(18)9-17-10(2)8-11-12(15)5-4-6-13(11)17/h8,12H,3-7,9,15H2,1-2H3,(H,16,18). The summed E-state index contributed by atoms with van der Waals surface area (Å²) >= 11 is 0. The zero-order valence-electron chi connectivity index (χ0n) is 11.3. The van der Waals surface area contributed by atoms with Gasteiger partial charge in [0, 0.05) is 24.0 Å². The lowest BCUT2D eigenvalue weighted by Crippen LogP contribution is -2.29. The molecule has 4 heteroatoms. The molecule has 0 aromatic carbocycles. The van der Waals surface area contributed by atoms with Gasteiger partial charge >= 0.3 is 0 Å². The van der Waals surface area contributed by atoms with Crippen molar-refractivity contribution in [3.8, 4) is 0 Å². The largest absolute Gasteiger partial charge is 0.355 e. The highest BCUT2D eigenvalue weighted by molar-refractivity contribution is 5.76. The minimum atomic E-state index is 0.0949. The van der Waals surface area contributed by atoms with E-state index in [-0.39, 0.29) is 11.9 Å². The maximum absolute atomic E-state index is 11.8. The maximum atomic E-state index is 11.8. The number of carbonyl (C=O) groups is 1. The molecule has 0 saturated carbocycles. The number of nitrogens with two attached hydrogens (primary N) is 1. The van der Waals surface area contributed by atoms with Gasteiger partial charge in [0.1, 0.15) is 6.54 Å². The second-order valence-electron chi connectivity index (χ2n) is 5.12. The van der Waals surface area contributed by atoms with E-state index in [0.29, 0.717) is 6.54 Å².